The van der Waals surface area contributed by atoms with Crippen molar-refractivity contribution >= 4 is 62.1 Å². The second kappa shape index (κ2) is 8.47. The fraction of sp³-hybridized carbons (Fsp3) is 0.409. The Labute approximate surface area is 193 Å². The van der Waals surface area contributed by atoms with Gasteiger partial charge in [-0.25, -0.2) is 0 Å². The number of aliphatic imine (C=N–C) groups is 1. The zero-order chi connectivity index (χ0) is 20.7. The van der Waals surface area contributed by atoms with E-state index in [1.54, 1.807) is 0 Å². The third-order valence-electron chi connectivity index (χ3n) is 6.01. The van der Waals surface area contributed by atoms with Crippen LogP contribution in [0.1, 0.15) is 20.7 Å². The summed E-state index contributed by atoms with van der Waals surface area (Å²) in [6, 6.07) is 11.3. The van der Waals surface area contributed by atoms with E-state index in [2.05, 4.69) is 32.4 Å². The molecule has 2 aromatic carbocycles. The van der Waals surface area contributed by atoms with Gasteiger partial charge in [-0.15, -0.1) is 0 Å². The number of halogens is 1. The summed E-state index contributed by atoms with van der Waals surface area (Å²) in [6.07, 6.45) is 0. The zero-order valence-corrected chi connectivity index (χ0v) is 19.6. The van der Waals surface area contributed by atoms with Gasteiger partial charge in [-0.3, -0.25) is 24.4 Å². The number of piperazine rings is 1. The van der Waals surface area contributed by atoms with Crippen LogP contribution in [-0.4, -0.2) is 87.2 Å². The van der Waals surface area contributed by atoms with Crippen LogP contribution in [0.15, 0.2) is 41.4 Å². The van der Waals surface area contributed by atoms with E-state index in [1.807, 2.05) is 48.2 Å². The molecule has 156 valence electrons. The number of nitrogens with zero attached hydrogens (tertiary/aromatic N) is 4. The fourth-order valence-electron chi connectivity index (χ4n) is 4.35. The van der Waals surface area contributed by atoms with Crippen LogP contribution in [0.25, 0.3) is 10.8 Å². The van der Waals surface area contributed by atoms with Gasteiger partial charge in [-0.1, -0.05) is 58.6 Å². The molecule has 3 aliphatic heterocycles. The molecule has 30 heavy (non-hydrogen) atoms. The van der Waals surface area contributed by atoms with Crippen LogP contribution < -0.4 is 0 Å². The average molecular weight is 534 g/mol. The van der Waals surface area contributed by atoms with Gasteiger partial charge in [0.2, 0.25) is 0 Å². The Hall–Kier alpha value is -1.65. The standard InChI is InChI=1S/C22H23IN4O2S/c23-13-16-14-24-22(30-16)26-10-7-25(8-11-26)9-12-27-20(28)17-5-1-3-15-4-2-6-18(19(15)17)21(27)29/h1-6,16H,7-14H2. The highest BCUT2D eigenvalue weighted by Crippen LogP contribution is 2.30. The molecule has 5 rings (SSSR count). The lowest BCUT2D eigenvalue weighted by molar-refractivity contribution is 0.0583. The molecule has 0 N–H and O–H groups in total. The summed E-state index contributed by atoms with van der Waals surface area (Å²) in [7, 11) is 0. The summed E-state index contributed by atoms with van der Waals surface area (Å²) >= 11 is 4.33. The number of amidine groups is 1. The van der Waals surface area contributed by atoms with Gasteiger partial charge in [-0.2, -0.15) is 0 Å². The van der Waals surface area contributed by atoms with Gasteiger partial charge in [0.15, 0.2) is 5.17 Å². The Kier molecular flexibility index (Phi) is 5.72. The first-order valence-electron chi connectivity index (χ1n) is 10.3. The van der Waals surface area contributed by atoms with Crippen molar-refractivity contribution in [3.63, 3.8) is 0 Å². The number of hydrogen-bond acceptors (Lipinski definition) is 6. The van der Waals surface area contributed by atoms with Crippen molar-refractivity contribution in [3.05, 3.63) is 47.5 Å². The van der Waals surface area contributed by atoms with Crippen LogP contribution in [0.4, 0.5) is 0 Å². The number of alkyl halides is 1. The second-order valence-electron chi connectivity index (χ2n) is 7.82. The molecule has 8 heteroatoms. The van der Waals surface area contributed by atoms with Crippen molar-refractivity contribution in [1.29, 1.82) is 0 Å². The van der Waals surface area contributed by atoms with E-state index in [9.17, 15) is 9.59 Å². The summed E-state index contributed by atoms with van der Waals surface area (Å²) in [5, 5.41) is 3.53. The molecule has 2 aromatic rings. The van der Waals surface area contributed by atoms with Crippen LogP contribution in [0.3, 0.4) is 0 Å². The molecule has 1 atom stereocenters. The molecule has 0 radical (unpaired) electrons. The minimum Gasteiger partial charge on any atom is -0.349 e. The third-order valence-corrected chi connectivity index (χ3v) is 8.92. The summed E-state index contributed by atoms with van der Waals surface area (Å²) in [6.45, 7) is 5.81. The van der Waals surface area contributed by atoms with Crippen molar-refractivity contribution in [2.45, 2.75) is 5.25 Å². The van der Waals surface area contributed by atoms with Crippen LogP contribution in [0.5, 0.6) is 0 Å². The highest BCUT2D eigenvalue weighted by atomic mass is 127. The number of thioether (sulfide) groups is 1. The molecule has 6 nitrogen and oxygen atoms in total. The zero-order valence-electron chi connectivity index (χ0n) is 16.6. The molecule has 3 heterocycles. The maximum absolute atomic E-state index is 13.0. The lowest BCUT2D eigenvalue weighted by Crippen LogP contribution is -2.51. The monoisotopic (exact) mass is 534 g/mol. The normalized spacial score (nSPS) is 22.2. The van der Waals surface area contributed by atoms with Crippen molar-refractivity contribution in [2.75, 3.05) is 50.2 Å². The van der Waals surface area contributed by atoms with Gasteiger partial charge >= 0.3 is 0 Å². The first-order chi connectivity index (χ1) is 14.7. The number of rotatable bonds is 4. The van der Waals surface area contributed by atoms with Gasteiger partial charge in [0, 0.05) is 65.5 Å². The number of benzene rings is 2. The molecule has 0 saturated carbocycles. The number of imide groups is 1. The summed E-state index contributed by atoms with van der Waals surface area (Å²) in [4.78, 5) is 36.9. The Morgan fingerprint density at radius 3 is 2.23 bits per heavy atom. The molecule has 3 aliphatic rings. The quantitative estimate of drug-likeness (QED) is 0.343. The molecule has 2 amide bonds. The van der Waals surface area contributed by atoms with Gasteiger partial charge in [0.05, 0.1) is 6.54 Å². The van der Waals surface area contributed by atoms with Crippen molar-refractivity contribution in [3.8, 4) is 0 Å². The van der Waals surface area contributed by atoms with Crippen molar-refractivity contribution in [2.24, 2.45) is 4.99 Å². The van der Waals surface area contributed by atoms with Crippen LogP contribution >= 0.6 is 34.4 Å². The summed E-state index contributed by atoms with van der Waals surface area (Å²) in [5.41, 5.74) is 1.27. The minimum atomic E-state index is -0.176. The van der Waals surface area contributed by atoms with Crippen molar-refractivity contribution in [1.82, 2.24) is 14.7 Å². The smallest absolute Gasteiger partial charge is 0.261 e. The van der Waals surface area contributed by atoms with E-state index in [1.165, 1.54) is 10.1 Å². The summed E-state index contributed by atoms with van der Waals surface area (Å²) < 4.78 is 1.13. The van der Waals surface area contributed by atoms with Crippen LogP contribution in [-0.2, 0) is 0 Å². The second-order valence-corrected chi connectivity index (χ2v) is 9.97. The van der Waals surface area contributed by atoms with E-state index in [4.69, 9.17) is 4.99 Å². The lowest BCUT2D eigenvalue weighted by atomic mass is 9.94. The van der Waals surface area contributed by atoms with Gasteiger partial charge < -0.3 is 4.90 Å². The molecule has 1 fully saturated rings. The topological polar surface area (TPSA) is 56.2 Å². The Morgan fingerprint density at radius 1 is 0.967 bits per heavy atom. The molecule has 1 unspecified atom stereocenters. The van der Waals surface area contributed by atoms with Gasteiger partial charge in [-0.05, 0) is 17.5 Å². The first kappa shape index (κ1) is 20.3. The molecular formula is C22H23IN4O2S. The van der Waals surface area contributed by atoms with E-state index >= 15 is 0 Å². The SMILES string of the molecule is O=C1c2cccc3cccc(c23)C(=O)N1CCN1CCN(C2=NCC(CI)S2)CC1. The van der Waals surface area contributed by atoms with E-state index in [-0.39, 0.29) is 11.8 Å². The van der Waals surface area contributed by atoms with E-state index < -0.39 is 0 Å². The highest BCUT2D eigenvalue weighted by Gasteiger charge is 2.33. The van der Waals surface area contributed by atoms with Crippen molar-refractivity contribution < 1.29 is 9.59 Å². The average Bonchev–Trinajstić information content (AvgIpc) is 3.27. The number of hydrogen-bond donors (Lipinski definition) is 0. The Balaban J connectivity index is 1.22. The summed E-state index contributed by atoms with van der Waals surface area (Å²) in [5.74, 6) is -0.353. The third kappa shape index (κ3) is 3.62. The Morgan fingerprint density at radius 2 is 1.63 bits per heavy atom. The van der Waals surface area contributed by atoms with E-state index in [0.717, 1.165) is 47.9 Å². The van der Waals surface area contributed by atoms with Gasteiger partial charge in [0.1, 0.15) is 0 Å². The predicted molar refractivity (Wildman–Crippen MR) is 130 cm³/mol. The maximum atomic E-state index is 13.0. The van der Waals surface area contributed by atoms with Crippen LogP contribution in [0, 0.1) is 0 Å². The number of carbonyl (C=O) groups excluding carboxylic acids is 2. The number of carbonyl (C=O) groups is 2. The molecule has 0 bridgehead atoms. The fourth-order valence-corrected chi connectivity index (χ4v) is 6.15. The maximum Gasteiger partial charge on any atom is 0.261 e. The van der Waals surface area contributed by atoms with Gasteiger partial charge in [0.25, 0.3) is 11.8 Å². The first-order valence-corrected chi connectivity index (χ1v) is 12.7. The number of amides is 2. The lowest BCUT2D eigenvalue weighted by Gasteiger charge is -2.36. The molecular weight excluding hydrogens is 511 g/mol. The molecule has 0 aromatic heterocycles. The predicted octanol–water partition coefficient (Wildman–Crippen LogP) is 2.96. The molecule has 0 aliphatic carbocycles. The molecule has 0 spiro atoms. The highest BCUT2D eigenvalue weighted by molar-refractivity contribution is 14.1. The minimum absolute atomic E-state index is 0.176. The molecule has 1 saturated heterocycles. The largest absolute Gasteiger partial charge is 0.349 e. The van der Waals surface area contributed by atoms with E-state index in [0.29, 0.717) is 29.5 Å². The van der Waals surface area contributed by atoms with Crippen LogP contribution in [0.2, 0.25) is 0 Å². The Bertz CT molecular complexity index is 984.